The largest absolute Gasteiger partial charge is 0.414 e. The summed E-state index contributed by atoms with van der Waals surface area (Å²) >= 11 is 0. The predicted molar refractivity (Wildman–Crippen MR) is 149 cm³/mol. The standard InChI is InChI=1S/C32H50O2Si/c1-29(2,3)35(6,7)34-25-15-18-30(4)24(21-25)13-14-26-27(30)16-19-31(5)28(26)17-20-32(31,33)22-23-11-9-8-10-12-23/h8-13,25-28,33H,14-22H2,1-7H3/t25-,26+,27-,28-,30-,31-,32+/m0/s1. The van der Waals surface area contributed by atoms with Gasteiger partial charge in [-0.2, -0.15) is 0 Å². The molecule has 1 N–H and O–H groups in total. The Bertz CT molecular complexity index is 962. The quantitative estimate of drug-likeness (QED) is 0.337. The van der Waals surface area contributed by atoms with Gasteiger partial charge in [0.2, 0.25) is 0 Å². The van der Waals surface area contributed by atoms with E-state index in [0.29, 0.717) is 17.4 Å². The van der Waals surface area contributed by atoms with E-state index < -0.39 is 13.9 Å². The minimum Gasteiger partial charge on any atom is -0.414 e. The number of hydrogen-bond acceptors (Lipinski definition) is 2. The molecule has 3 saturated carbocycles. The molecule has 1 aromatic rings. The Hall–Kier alpha value is -0.903. The molecule has 5 rings (SSSR count). The van der Waals surface area contributed by atoms with Crippen LogP contribution in [0.15, 0.2) is 42.0 Å². The second kappa shape index (κ2) is 8.56. The van der Waals surface area contributed by atoms with Crippen LogP contribution in [0.3, 0.4) is 0 Å². The van der Waals surface area contributed by atoms with Gasteiger partial charge in [0, 0.05) is 12.5 Å². The Morgan fingerprint density at radius 1 is 0.971 bits per heavy atom. The van der Waals surface area contributed by atoms with Crippen LogP contribution in [0.4, 0.5) is 0 Å². The number of allylic oxidation sites excluding steroid dienone is 1. The molecule has 0 saturated heterocycles. The first-order chi connectivity index (χ1) is 16.3. The van der Waals surface area contributed by atoms with E-state index >= 15 is 0 Å². The van der Waals surface area contributed by atoms with Crippen molar-refractivity contribution in [3.8, 4) is 0 Å². The van der Waals surface area contributed by atoms with E-state index in [4.69, 9.17) is 4.43 Å². The molecule has 0 amide bonds. The van der Waals surface area contributed by atoms with Crippen molar-refractivity contribution in [1.82, 2.24) is 0 Å². The Morgan fingerprint density at radius 3 is 2.34 bits per heavy atom. The summed E-state index contributed by atoms with van der Waals surface area (Å²) in [5.74, 6) is 2.14. The Kier molecular flexibility index (Phi) is 6.30. The van der Waals surface area contributed by atoms with E-state index in [1.807, 2.05) is 0 Å². The summed E-state index contributed by atoms with van der Waals surface area (Å²) in [5.41, 5.74) is 2.79. The average molecular weight is 495 g/mol. The van der Waals surface area contributed by atoms with Gasteiger partial charge in [0.15, 0.2) is 8.32 Å². The summed E-state index contributed by atoms with van der Waals surface area (Å²) in [4.78, 5) is 0. The van der Waals surface area contributed by atoms with Crippen molar-refractivity contribution >= 4 is 8.32 Å². The first kappa shape index (κ1) is 25.7. The highest BCUT2D eigenvalue weighted by Crippen LogP contribution is 2.67. The van der Waals surface area contributed by atoms with Gasteiger partial charge < -0.3 is 9.53 Å². The van der Waals surface area contributed by atoms with Gasteiger partial charge in [0.1, 0.15) is 0 Å². The van der Waals surface area contributed by atoms with Crippen LogP contribution in [-0.2, 0) is 10.8 Å². The monoisotopic (exact) mass is 494 g/mol. The van der Waals surface area contributed by atoms with Gasteiger partial charge in [-0.25, -0.2) is 0 Å². The minimum absolute atomic E-state index is 0.0361. The van der Waals surface area contributed by atoms with E-state index in [0.717, 1.165) is 31.1 Å². The molecule has 0 unspecified atom stereocenters. The predicted octanol–water partition coefficient (Wildman–Crippen LogP) is 8.31. The van der Waals surface area contributed by atoms with Gasteiger partial charge in [-0.15, -0.1) is 0 Å². The smallest absolute Gasteiger partial charge is 0.192 e. The molecule has 0 bridgehead atoms. The zero-order valence-corrected chi connectivity index (χ0v) is 24.5. The van der Waals surface area contributed by atoms with E-state index in [1.165, 1.54) is 44.1 Å². The molecule has 7 atom stereocenters. The first-order valence-corrected chi connectivity index (χ1v) is 17.3. The minimum atomic E-state index is -1.74. The summed E-state index contributed by atoms with van der Waals surface area (Å²) in [6.45, 7) is 16.9. The number of fused-ring (bicyclic) bond motifs is 5. The van der Waals surface area contributed by atoms with Crippen molar-refractivity contribution < 1.29 is 9.53 Å². The van der Waals surface area contributed by atoms with Crippen molar-refractivity contribution in [2.75, 3.05) is 0 Å². The molecule has 2 nitrogen and oxygen atoms in total. The Labute approximate surface area is 216 Å². The average Bonchev–Trinajstić information content (AvgIpc) is 3.04. The highest BCUT2D eigenvalue weighted by Gasteiger charge is 2.63. The highest BCUT2D eigenvalue weighted by atomic mass is 28.4. The second-order valence-electron chi connectivity index (χ2n) is 14.7. The van der Waals surface area contributed by atoms with Crippen LogP contribution in [0.25, 0.3) is 0 Å². The summed E-state index contributed by atoms with van der Waals surface area (Å²) in [6, 6.07) is 10.7. The Morgan fingerprint density at radius 2 is 1.66 bits per heavy atom. The fraction of sp³-hybridized carbons (Fsp3) is 0.750. The molecular weight excluding hydrogens is 444 g/mol. The van der Waals surface area contributed by atoms with Crippen molar-refractivity contribution in [2.24, 2.45) is 28.6 Å². The molecule has 4 aliphatic rings. The van der Waals surface area contributed by atoms with Crippen molar-refractivity contribution in [1.29, 1.82) is 0 Å². The molecule has 3 heteroatoms. The summed E-state index contributed by atoms with van der Waals surface area (Å²) in [5, 5.41) is 12.3. The molecule has 3 fully saturated rings. The van der Waals surface area contributed by atoms with Gasteiger partial charge in [0.05, 0.1) is 5.60 Å². The third-order valence-electron chi connectivity index (χ3n) is 12.0. The maximum Gasteiger partial charge on any atom is 0.192 e. The Balaban J connectivity index is 1.34. The van der Waals surface area contributed by atoms with Crippen molar-refractivity contribution in [3.05, 3.63) is 47.5 Å². The lowest BCUT2D eigenvalue weighted by molar-refractivity contribution is -0.124. The van der Waals surface area contributed by atoms with Crippen LogP contribution in [0.2, 0.25) is 18.1 Å². The fourth-order valence-electron chi connectivity index (χ4n) is 8.66. The van der Waals surface area contributed by atoms with Crippen LogP contribution in [0.1, 0.15) is 91.5 Å². The molecule has 1 aromatic carbocycles. The summed E-state index contributed by atoms with van der Waals surface area (Å²) in [7, 11) is -1.74. The zero-order chi connectivity index (χ0) is 25.3. The summed E-state index contributed by atoms with van der Waals surface area (Å²) < 4.78 is 6.91. The number of benzene rings is 1. The maximum atomic E-state index is 12.1. The van der Waals surface area contributed by atoms with Gasteiger partial charge in [-0.1, -0.05) is 76.6 Å². The maximum absolute atomic E-state index is 12.1. The van der Waals surface area contributed by atoms with Crippen LogP contribution < -0.4 is 0 Å². The third-order valence-corrected chi connectivity index (χ3v) is 16.5. The van der Waals surface area contributed by atoms with Crippen LogP contribution >= 0.6 is 0 Å². The van der Waals surface area contributed by atoms with Crippen LogP contribution in [0.5, 0.6) is 0 Å². The molecule has 4 aliphatic carbocycles. The highest BCUT2D eigenvalue weighted by molar-refractivity contribution is 6.74. The lowest BCUT2D eigenvalue weighted by atomic mass is 9.46. The second-order valence-corrected chi connectivity index (χ2v) is 19.4. The van der Waals surface area contributed by atoms with Gasteiger partial charge in [-0.05, 0) is 104 Å². The first-order valence-electron chi connectivity index (χ1n) is 14.4. The third kappa shape index (κ3) is 4.12. The normalized spacial score (nSPS) is 41.5. The fourth-order valence-corrected chi connectivity index (χ4v) is 10.0. The number of hydrogen-bond donors (Lipinski definition) is 1. The van der Waals surface area contributed by atoms with E-state index in [2.05, 4.69) is 84.1 Å². The number of aliphatic hydroxyl groups is 1. The zero-order valence-electron chi connectivity index (χ0n) is 23.5. The van der Waals surface area contributed by atoms with Crippen molar-refractivity contribution in [3.63, 3.8) is 0 Å². The van der Waals surface area contributed by atoms with E-state index in [9.17, 15) is 5.11 Å². The number of rotatable bonds is 4. The molecule has 0 heterocycles. The van der Waals surface area contributed by atoms with Gasteiger partial charge in [0.25, 0.3) is 0 Å². The van der Waals surface area contributed by atoms with Crippen molar-refractivity contribution in [2.45, 2.75) is 122 Å². The molecule has 0 radical (unpaired) electrons. The lowest BCUT2D eigenvalue weighted by Crippen LogP contribution is -2.55. The summed E-state index contributed by atoms with van der Waals surface area (Å²) in [6.07, 6.45) is 13.3. The molecule has 0 aromatic heterocycles. The van der Waals surface area contributed by atoms with E-state index in [-0.39, 0.29) is 10.5 Å². The van der Waals surface area contributed by atoms with E-state index in [1.54, 1.807) is 5.57 Å². The molecule has 194 valence electrons. The molecule has 0 spiro atoms. The molecule has 35 heavy (non-hydrogen) atoms. The SMILES string of the molecule is CC(C)(C)[Si](C)(C)O[C@H]1CC[C@@]2(C)C(=CC[C@@H]3[C@@H]2CC[C@@]2(C)[C@H]3CC[C@@]2(O)Cc2ccccc2)C1. The van der Waals surface area contributed by atoms with Gasteiger partial charge in [-0.3, -0.25) is 0 Å². The van der Waals surface area contributed by atoms with Crippen LogP contribution in [0, 0.1) is 28.6 Å². The van der Waals surface area contributed by atoms with Crippen LogP contribution in [-0.4, -0.2) is 25.1 Å². The topological polar surface area (TPSA) is 29.5 Å². The molecule has 0 aliphatic heterocycles. The lowest BCUT2D eigenvalue weighted by Gasteiger charge is -2.59. The molecular formula is C32H50O2Si. The van der Waals surface area contributed by atoms with Gasteiger partial charge >= 0.3 is 0 Å².